The monoisotopic (exact) mass is 464 g/mol. The van der Waals surface area contributed by atoms with Gasteiger partial charge in [0.2, 0.25) is 5.88 Å². The Balaban J connectivity index is 1.14. The lowest BCUT2D eigenvalue weighted by Gasteiger charge is -2.33. The van der Waals surface area contributed by atoms with Crippen LogP contribution in [-0.2, 0) is 11.3 Å². The second-order valence-corrected chi connectivity index (χ2v) is 8.58. The lowest BCUT2D eigenvalue weighted by Crippen LogP contribution is -2.43. The number of nitrogens with zero attached hydrogens (tertiary/aromatic N) is 4. The predicted octanol–water partition coefficient (Wildman–Crippen LogP) is 1.65. The van der Waals surface area contributed by atoms with Gasteiger partial charge < -0.3 is 30.1 Å². The lowest BCUT2D eigenvalue weighted by molar-refractivity contribution is -0.118. The molecule has 1 fully saturated rings. The predicted molar refractivity (Wildman–Crippen MR) is 126 cm³/mol. The van der Waals surface area contributed by atoms with Crippen molar-refractivity contribution < 1.29 is 19.4 Å². The zero-order valence-electron chi connectivity index (χ0n) is 19.0. The maximum atomic E-state index is 11.5. The fourth-order valence-electron chi connectivity index (χ4n) is 4.42. The smallest absolute Gasteiger partial charge is 0.263 e. The molecule has 0 saturated carbocycles. The largest absolute Gasteiger partial charge is 0.481 e. The van der Waals surface area contributed by atoms with Gasteiger partial charge in [0.15, 0.2) is 18.2 Å². The number of aliphatic hydroxyl groups is 1. The molecule has 0 unspecified atom stereocenters. The lowest BCUT2D eigenvalue weighted by atomic mass is 10.0. The van der Waals surface area contributed by atoms with Crippen molar-refractivity contribution in [2.24, 2.45) is 0 Å². The molecule has 1 atom stereocenters. The van der Waals surface area contributed by atoms with Crippen LogP contribution >= 0.6 is 0 Å². The highest BCUT2D eigenvalue weighted by molar-refractivity contribution is 5.94. The molecule has 0 radical (unpaired) electrons. The first-order valence-corrected chi connectivity index (χ1v) is 11.4. The molecule has 2 aliphatic heterocycles. The summed E-state index contributed by atoms with van der Waals surface area (Å²) in [6.45, 7) is 2.96. The SMILES string of the molecule is COc1ccc2nccc([C@@H](O)CN3CCC(NCc4ccc5c(n4)NC(=O)CO5)CC3)c2n1. The molecule has 10 nitrogen and oxygen atoms in total. The maximum absolute atomic E-state index is 11.5. The van der Waals surface area contributed by atoms with E-state index in [4.69, 9.17) is 9.47 Å². The molecule has 34 heavy (non-hydrogen) atoms. The molecule has 1 amide bonds. The Labute approximate surface area is 197 Å². The van der Waals surface area contributed by atoms with E-state index in [2.05, 4.69) is 30.5 Å². The zero-order chi connectivity index (χ0) is 23.5. The number of hydrogen-bond acceptors (Lipinski definition) is 9. The van der Waals surface area contributed by atoms with Crippen molar-refractivity contribution >= 4 is 22.8 Å². The summed E-state index contributed by atoms with van der Waals surface area (Å²) in [6, 6.07) is 9.57. The first kappa shape index (κ1) is 22.5. The number of aliphatic hydroxyl groups excluding tert-OH is 1. The van der Waals surface area contributed by atoms with Crippen LogP contribution in [0.5, 0.6) is 11.6 Å². The van der Waals surface area contributed by atoms with Gasteiger partial charge in [-0.25, -0.2) is 9.97 Å². The Bertz CT molecular complexity index is 1180. The van der Waals surface area contributed by atoms with E-state index in [9.17, 15) is 9.90 Å². The fourth-order valence-corrected chi connectivity index (χ4v) is 4.42. The normalized spacial score (nSPS) is 17.6. The molecule has 0 spiro atoms. The Morgan fingerprint density at radius 2 is 2.09 bits per heavy atom. The molecule has 1 saturated heterocycles. The van der Waals surface area contributed by atoms with E-state index < -0.39 is 6.10 Å². The van der Waals surface area contributed by atoms with E-state index >= 15 is 0 Å². The average Bonchev–Trinajstić information content (AvgIpc) is 2.87. The van der Waals surface area contributed by atoms with Gasteiger partial charge in [-0.2, -0.15) is 0 Å². The van der Waals surface area contributed by atoms with Gasteiger partial charge in [-0.05, 0) is 50.2 Å². The number of pyridine rings is 3. The summed E-state index contributed by atoms with van der Waals surface area (Å²) in [4.78, 5) is 27.1. The molecule has 10 heteroatoms. The number of aromatic nitrogens is 3. The number of hydrogen-bond donors (Lipinski definition) is 3. The molecule has 0 bridgehead atoms. The highest BCUT2D eigenvalue weighted by Crippen LogP contribution is 2.26. The summed E-state index contributed by atoms with van der Waals surface area (Å²) in [5.74, 6) is 1.40. The topological polar surface area (TPSA) is 122 Å². The van der Waals surface area contributed by atoms with Crippen LogP contribution in [-0.4, -0.2) is 70.3 Å². The summed E-state index contributed by atoms with van der Waals surface area (Å²) in [5, 5.41) is 17.3. The maximum Gasteiger partial charge on any atom is 0.263 e. The van der Waals surface area contributed by atoms with Crippen molar-refractivity contribution in [1.29, 1.82) is 0 Å². The van der Waals surface area contributed by atoms with Gasteiger partial charge >= 0.3 is 0 Å². The Kier molecular flexibility index (Phi) is 6.52. The molecule has 2 aliphatic rings. The number of anilines is 1. The second-order valence-electron chi connectivity index (χ2n) is 8.58. The van der Waals surface area contributed by atoms with Crippen LogP contribution in [0.4, 0.5) is 5.82 Å². The molecule has 3 N–H and O–H groups in total. The molecule has 0 aliphatic carbocycles. The van der Waals surface area contributed by atoms with Gasteiger partial charge in [-0.3, -0.25) is 9.78 Å². The second kappa shape index (κ2) is 9.88. The van der Waals surface area contributed by atoms with Crippen molar-refractivity contribution in [3.63, 3.8) is 0 Å². The van der Waals surface area contributed by atoms with Crippen LogP contribution in [0.3, 0.4) is 0 Å². The summed E-state index contributed by atoms with van der Waals surface area (Å²) in [6.07, 6.45) is 2.99. The van der Waals surface area contributed by atoms with Gasteiger partial charge in [0.1, 0.15) is 0 Å². The van der Waals surface area contributed by atoms with Crippen molar-refractivity contribution in [3.05, 3.63) is 47.8 Å². The Morgan fingerprint density at radius 3 is 2.91 bits per heavy atom. The first-order valence-electron chi connectivity index (χ1n) is 11.4. The number of methoxy groups -OCH3 is 1. The summed E-state index contributed by atoms with van der Waals surface area (Å²) < 4.78 is 10.6. The molecule has 178 valence electrons. The van der Waals surface area contributed by atoms with E-state index in [1.165, 1.54) is 0 Å². The van der Waals surface area contributed by atoms with E-state index in [-0.39, 0.29) is 12.5 Å². The molecule has 0 aromatic carbocycles. The highest BCUT2D eigenvalue weighted by atomic mass is 16.5. The van der Waals surface area contributed by atoms with Crippen molar-refractivity contribution in [2.75, 3.05) is 38.7 Å². The van der Waals surface area contributed by atoms with Gasteiger partial charge in [-0.15, -0.1) is 0 Å². The third-order valence-electron chi connectivity index (χ3n) is 6.28. The number of carbonyl (C=O) groups excluding carboxylic acids is 1. The number of carbonyl (C=O) groups is 1. The summed E-state index contributed by atoms with van der Waals surface area (Å²) >= 11 is 0. The Morgan fingerprint density at radius 1 is 1.24 bits per heavy atom. The Hall–Kier alpha value is -3.34. The number of piperidine rings is 1. The van der Waals surface area contributed by atoms with Crippen LogP contribution in [0.25, 0.3) is 11.0 Å². The van der Waals surface area contributed by atoms with E-state index in [1.807, 2.05) is 24.3 Å². The zero-order valence-corrected chi connectivity index (χ0v) is 19.0. The fraction of sp³-hybridized carbons (Fsp3) is 0.417. The first-order chi connectivity index (χ1) is 16.6. The highest BCUT2D eigenvalue weighted by Gasteiger charge is 2.23. The molecular weight excluding hydrogens is 436 g/mol. The molecular formula is C24H28N6O4. The number of amides is 1. The van der Waals surface area contributed by atoms with E-state index in [0.717, 1.165) is 42.7 Å². The summed E-state index contributed by atoms with van der Waals surface area (Å²) in [5.41, 5.74) is 3.03. The quantitative estimate of drug-likeness (QED) is 0.479. The summed E-state index contributed by atoms with van der Waals surface area (Å²) in [7, 11) is 1.58. The van der Waals surface area contributed by atoms with E-state index in [0.29, 0.717) is 42.1 Å². The number of β-amino-alcohol motifs (C(OH)–C–C–N with tert-alkyl or cyclic N) is 1. The minimum absolute atomic E-state index is 0.0294. The molecule has 3 aromatic heterocycles. The van der Waals surface area contributed by atoms with Gasteiger partial charge in [0.25, 0.3) is 5.91 Å². The van der Waals surface area contributed by atoms with Crippen LogP contribution in [0, 0.1) is 0 Å². The van der Waals surface area contributed by atoms with Gasteiger partial charge in [0.05, 0.1) is 29.9 Å². The number of nitrogens with one attached hydrogen (secondary N) is 2. The van der Waals surface area contributed by atoms with Crippen LogP contribution in [0.15, 0.2) is 36.5 Å². The van der Waals surface area contributed by atoms with Crippen molar-refractivity contribution in [3.8, 4) is 11.6 Å². The average molecular weight is 465 g/mol. The number of ether oxygens (including phenoxy) is 2. The van der Waals surface area contributed by atoms with Crippen LogP contribution < -0.4 is 20.1 Å². The number of likely N-dealkylation sites (tertiary alicyclic amines) is 1. The standard InChI is InChI=1S/C24H28N6O4/c1-33-22-5-3-18-23(29-22)17(6-9-25-18)19(31)13-30-10-7-15(8-11-30)26-12-16-2-4-20-24(27-16)28-21(32)14-34-20/h2-6,9,15,19,26,31H,7-8,10-14H2,1H3,(H,27,28,32)/t19-/m0/s1. The van der Waals surface area contributed by atoms with Gasteiger partial charge in [-0.1, -0.05) is 0 Å². The third-order valence-corrected chi connectivity index (χ3v) is 6.28. The van der Waals surface area contributed by atoms with Crippen LogP contribution in [0.1, 0.15) is 30.2 Å². The van der Waals surface area contributed by atoms with E-state index in [1.54, 1.807) is 19.4 Å². The van der Waals surface area contributed by atoms with Crippen molar-refractivity contribution in [1.82, 2.24) is 25.2 Å². The molecule has 3 aromatic rings. The number of fused-ring (bicyclic) bond motifs is 2. The minimum Gasteiger partial charge on any atom is -0.481 e. The molecule has 5 rings (SSSR count). The van der Waals surface area contributed by atoms with Crippen molar-refractivity contribution in [2.45, 2.75) is 31.5 Å². The number of rotatable bonds is 7. The van der Waals surface area contributed by atoms with Crippen LogP contribution in [0.2, 0.25) is 0 Å². The van der Waals surface area contributed by atoms with Gasteiger partial charge in [0, 0.05) is 37.0 Å². The molecule has 5 heterocycles. The third kappa shape index (κ3) is 4.93. The minimum atomic E-state index is -0.660.